The van der Waals surface area contributed by atoms with Gasteiger partial charge >= 0.3 is 0 Å². The molecule has 3 aliphatic heterocycles. The van der Waals surface area contributed by atoms with Gasteiger partial charge in [-0.1, -0.05) is 22.0 Å². The Bertz CT molecular complexity index is 803. The molecule has 0 aliphatic carbocycles. The van der Waals surface area contributed by atoms with Crippen molar-refractivity contribution in [2.24, 2.45) is 5.92 Å². The van der Waals surface area contributed by atoms with E-state index in [1.54, 1.807) is 4.90 Å². The van der Waals surface area contributed by atoms with E-state index in [2.05, 4.69) is 20.8 Å². The number of hydrogen-bond acceptors (Lipinski definition) is 4. The van der Waals surface area contributed by atoms with E-state index in [1.807, 2.05) is 34.1 Å². The van der Waals surface area contributed by atoms with Gasteiger partial charge < -0.3 is 14.7 Å². The quantitative estimate of drug-likeness (QED) is 0.666. The molecule has 1 unspecified atom stereocenters. The molecule has 1 aromatic carbocycles. The molecule has 30 heavy (non-hydrogen) atoms. The lowest BCUT2D eigenvalue weighted by Crippen LogP contribution is -2.53. The third kappa shape index (κ3) is 4.86. The van der Waals surface area contributed by atoms with E-state index in [0.29, 0.717) is 39.3 Å². The monoisotopic (exact) mass is 476 g/mol. The second kappa shape index (κ2) is 9.47. The minimum Gasteiger partial charge on any atom is -0.342 e. The maximum Gasteiger partial charge on any atom is 0.236 e. The van der Waals surface area contributed by atoms with Crippen LogP contribution in [0.4, 0.5) is 5.69 Å². The molecule has 0 aromatic heterocycles. The van der Waals surface area contributed by atoms with Crippen molar-refractivity contribution in [3.05, 3.63) is 28.7 Å². The molecule has 3 saturated heterocycles. The Morgan fingerprint density at radius 2 is 1.70 bits per heavy atom. The van der Waals surface area contributed by atoms with Gasteiger partial charge in [-0.25, -0.2) is 0 Å². The molecule has 4 rings (SSSR count). The molecule has 0 radical (unpaired) electrons. The van der Waals surface area contributed by atoms with Gasteiger partial charge in [0.2, 0.25) is 17.7 Å². The van der Waals surface area contributed by atoms with E-state index in [-0.39, 0.29) is 30.1 Å². The molecule has 0 N–H and O–H groups in total. The molecular weight excluding hydrogens is 448 g/mol. The molecule has 0 saturated carbocycles. The second-order valence-corrected chi connectivity index (χ2v) is 9.34. The minimum atomic E-state index is -0.294. The van der Waals surface area contributed by atoms with Gasteiger partial charge in [-0.05, 0) is 37.5 Å². The first-order valence-corrected chi connectivity index (χ1v) is 11.7. The first-order valence-electron chi connectivity index (χ1n) is 10.9. The Morgan fingerprint density at radius 1 is 0.967 bits per heavy atom. The highest BCUT2D eigenvalue weighted by molar-refractivity contribution is 9.10. The molecule has 3 fully saturated rings. The molecule has 162 valence electrons. The Balaban J connectivity index is 1.27. The largest absolute Gasteiger partial charge is 0.342 e. The molecule has 7 nitrogen and oxygen atoms in total. The Kier molecular flexibility index (Phi) is 6.73. The summed E-state index contributed by atoms with van der Waals surface area (Å²) in [4.78, 5) is 45.7. The standard InChI is InChI=1S/C22H29BrN4O3/c23-18-5-4-6-19(14-18)27-15-17(13-20(27)28)22(30)26-11-9-24(10-12-26)16-21(29)25-7-2-1-3-8-25/h4-6,14,17H,1-3,7-13,15-16H2. The van der Waals surface area contributed by atoms with Gasteiger partial charge in [0.15, 0.2) is 0 Å². The molecular formula is C22H29BrN4O3. The lowest BCUT2D eigenvalue weighted by Gasteiger charge is -2.37. The van der Waals surface area contributed by atoms with Crippen LogP contribution in [0.5, 0.6) is 0 Å². The fourth-order valence-electron chi connectivity index (χ4n) is 4.59. The van der Waals surface area contributed by atoms with Gasteiger partial charge in [-0.15, -0.1) is 0 Å². The lowest BCUT2D eigenvalue weighted by molar-refractivity contribution is -0.138. The van der Waals surface area contributed by atoms with Gasteiger partial charge in [-0.3, -0.25) is 19.3 Å². The van der Waals surface area contributed by atoms with Crippen LogP contribution in [0.3, 0.4) is 0 Å². The van der Waals surface area contributed by atoms with Gasteiger partial charge in [-0.2, -0.15) is 0 Å². The number of hydrogen-bond donors (Lipinski definition) is 0. The van der Waals surface area contributed by atoms with Gasteiger partial charge in [0.05, 0.1) is 12.5 Å². The number of halogens is 1. The summed E-state index contributed by atoms with van der Waals surface area (Å²) >= 11 is 3.44. The van der Waals surface area contributed by atoms with Crippen LogP contribution in [-0.4, -0.2) is 84.8 Å². The van der Waals surface area contributed by atoms with Crippen LogP contribution in [0, 0.1) is 5.92 Å². The van der Waals surface area contributed by atoms with E-state index in [4.69, 9.17) is 0 Å². The van der Waals surface area contributed by atoms with E-state index < -0.39 is 0 Å². The van der Waals surface area contributed by atoms with E-state index >= 15 is 0 Å². The zero-order valence-corrected chi connectivity index (χ0v) is 18.8. The Hall–Kier alpha value is -1.93. The topological polar surface area (TPSA) is 64.2 Å². The number of likely N-dealkylation sites (tertiary alicyclic amines) is 1. The zero-order chi connectivity index (χ0) is 21.1. The van der Waals surface area contributed by atoms with Crippen LogP contribution in [-0.2, 0) is 14.4 Å². The van der Waals surface area contributed by atoms with E-state index in [0.717, 1.165) is 36.1 Å². The summed E-state index contributed by atoms with van der Waals surface area (Å²) in [7, 11) is 0. The van der Waals surface area contributed by atoms with Crippen LogP contribution in [0.25, 0.3) is 0 Å². The number of carbonyl (C=O) groups is 3. The summed E-state index contributed by atoms with van der Waals surface area (Å²) in [6, 6.07) is 7.62. The Morgan fingerprint density at radius 3 is 2.40 bits per heavy atom. The average molecular weight is 477 g/mol. The predicted octanol–water partition coefficient (Wildman–Crippen LogP) is 1.96. The first kappa shape index (κ1) is 21.3. The van der Waals surface area contributed by atoms with Crippen LogP contribution in [0.15, 0.2) is 28.7 Å². The highest BCUT2D eigenvalue weighted by Gasteiger charge is 2.38. The van der Waals surface area contributed by atoms with E-state index in [9.17, 15) is 14.4 Å². The van der Waals surface area contributed by atoms with Crippen LogP contribution in [0.1, 0.15) is 25.7 Å². The van der Waals surface area contributed by atoms with Crippen molar-refractivity contribution < 1.29 is 14.4 Å². The third-order valence-corrected chi connectivity index (χ3v) is 6.84. The number of amides is 3. The number of nitrogens with zero attached hydrogens (tertiary/aromatic N) is 4. The summed E-state index contributed by atoms with van der Waals surface area (Å²) in [6.45, 7) is 5.29. The van der Waals surface area contributed by atoms with Crippen molar-refractivity contribution in [1.29, 1.82) is 0 Å². The maximum atomic E-state index is 13.0. The summed E-state index contributed by atoms with van der Waals surface area (Å²) in [5.41, 5.74) is 0.825. The molecule has 3 aliphatic rings. The summed E-state index contributed by atoms with van der Waals surface area (Å²) < 4.78 is 0.915. The lowest BCUT2D eigenvalue weighted by atomic mass is 10.1. The van der Waals surface area contributed by atoms with Crippen molar-refractivity contribution in [2.45, 2.75) is 25.7 Å². The highest BCUT2D eigenvalue weighted by atomic mass is 79.9. The molecule has 8 heteroatoms. The highest BCUT2D eigenvalue weighted by Crippen LogP contribution is 2.28. The molecule has 3 heterocycles. The number of rotatable bonds is 4. The van der Waals surface area contributed by atoms with Crippen LogP contribution >= 0.6 is 15.9 Å². The van der Waals surface area contributed by atoms with Gasteiger partial charge in [0.25, 0.3) is 0 Å². The first-order chi connectivity index (χ1) is 14.5. The van der Waals surface area contributed by atoms with Crippen molar-refractivity contribution in [3.63, 3.8) is 0 Å². The second-order valence-electron chi connectivity index (χ2n) is 8.43. The van der Waals surface area contributed by atoms with E-state index in [1.165, 1.54) is 6.42 Å². The number of piperazine rings is 1. The SMILES string of the molecule is O=C(CN1CCN(C(=O)C2CC(=O)N(c3cccc(Br)c3)C2)CC1)N1CCCCC1. The minimum absolute atomic E-state index is 0.00258. The molecule has 0 spiro atoms. The predicted molar refractivity (Wildman–Crippen MR) is 118 cm³/mol. The zero-order valence-electron chi connectivity index (χ0n) is 17.3. The summed E-state index contributed by atoms with van der Waals surface area (Å²) in [5.74, 6) is -0.0291. The van der Waals surface area contributed by atoms with Crippen LogP contribution < -0.4 is 4.90 Å². The molecule has 1 atom stereocenters. The fraction of sp³-hybridized carbons (Fsp3) is 0.591. The van der Waals surface area contributed by atoms with Crippen molar-refractivity contribution in [1.82, 2.24) is 14.7 Å². The van der Waals surface area contributed by atoms with Gasteiger partial charge in [0, 0.05) is 62.4 Å². The number of piperidine rings is 1. The van der Waals surface area contributed by atoms with Crippen LogP contribution in [0.2, 0.25) is 0 Å². The van der Waals surface area contributed by atoms with Gasteiger partial charge in [0.1, 0.15) is 0 Å². The molecule has 1 aromatic rings. The summed E-state index contributed by atoms with van der Waals surface area (Å²) in [5, 5.41) is 0. The maximum absolute atomic E-state index is 13.0. The Labute approximate surface area is 186 Å². The molecule has 0 bridgehead atoms. The normalized spacial score (nSPS) is 23.2. The molecule has 3 amide bonds. The number of carbonyl (C=O) groups excluding carboxylic acids is 3. The fourth-order valence-corrected chi connectivity index (χ4v) is 4.97. The average Bonchev–Trinajstić information content (AvgIpc) is 3.16. The third-order valence-electron chi connectivity index (χ3n) is 6.35. The number of benzene rings is 1. The number of anilines is 1. The smallest absolute Gasteiger partial charge is 0.236 e. The van der Waals surface area contributed by atoms with Crippen molar-refractivity contribution in [2.75, 3.05) is 57.3 Å². The van der Waals surface area contributed by atoms with Crippen molar-refractivity contribution in [3.8, 4) is 0 Å². The van der Waals surface area contributed by atoms with Crippen molar-refractivity contribution >= 4 is 39.3 Å². The summed E-state index contributed by atoms with van der Waals surface area (Å²) in [6.07, 6.45) is 3.68.